The van der Waals surface area contributed by atoms with Crippen molar-refractivity contribution in [2.45, 2.75) is 125 Å². The first-order valence-electron chi connectivity index (χ1n) is 21.6. The Kier molecular flexibility index (Phi) is 11.3. The van der Waals surface area contributed by atoms with Gasteiger partial charge in [-0.2, -0.15) is 22.8 Å². The molecule has 3 N–H and O–H groups in total. The Bertz CT molecular complexity index is 2580. The van der Waals surface area contributed by atoms with Gasteiger partial charge in [0.1, 0.15) is 29.8 Å². The molecule has 3 saturated carbocycles. The van der Waals surface area contributed by atoms with Crippen LogP contribution in [0.1, 0.15) is 89.0 Å². The number of nitrogens with one attached hydrogen (secondary N) is 3. The molecular weight excluding hydrogens is 844 g/mol. The van der Waals surface area contributed by atoms with E-state index >= 15 is 0 Å². The number of aromatic nitrogens is 3. The highest BCUT2D eigenvalue weighted by molar-refractivity contribution is 7.91. The fourth-order valence-corrected chi connectivity index (χ4v) is 10.4. The van der Waals surface area contributed by atoms with E-state index in [1.54, 1.807) is 36.4 Å². The minimum Gasteiger partial charge on any atom is -0.472 e. The van der Waals surface area contributed by atoms with Crippen molar-refractivity contribution in [3.8, 4) is 17.1 Å². The van der Waals surface area contributed by atoms with Crippen LogP contribution in [0.4, 0.5) is 18.0 Å². The van der Waals surface area contributed by atoms with Gasteiger partial charge < -0.3 is 25.0 Å². The van der Waals surface area contributed by atoms with E-state index in [0.29, 0.717) is 43.4 Å². The SMILES string of the molecule is O=C(N[C@H]1CCCCC/C=C\[C@@H]2C[C@@]2(C(=O)NS(=O)(=O)C2CC2)NC(=O)[C@@H]2C[C@@H](Oc3cc(-c4ccccc4)nc4c5cc(C(F)(F)F)ccc5nn34)CN2C1=O)OC1CCCC1. The second-order valence-corrected chi connectivity index (χ2v) is 19.3. The summed E-state index contributed by atoms with van der Waals surface area (Å²) in [5.41, 5.74) is -1.17. The number of sulfonamides is 1. The fraction of sp³-hybridized carbons (Fsp3) is 0.500. The number of rotatable bonds is 8. The second kappa shape index (κ2) is 16.8. The predicted molar refractivity (Wildman–Crippen MR) is 222 cm³/mol. The van der Waals surface area contributed by atoms with Gasteiger partial charge in [0, 0.05) is 29.4 Å². The summed E-state index contributed by atoms with van der Waals surface area (Å²) in [5, 5.41) is 9.61. The molecule has 9 rings (SSSR count). The largest absolute Gasteiger partial charge is 0.472 e. The van der Waals surface area contributed by atoms with Crippen LogP contribution in [0, 0.1) is 5.92 Å². The molecule has 4 fully saturated rings. The molecule has 63 heavy (non-hydrogen) atoms. The first-order chi connectivity index (χ1) is 30.2. The van der Waals surface area contributed by atoms with Crippen molar-refractivity contribution in [1.82, 2.24) is 34.9 Å². The van der Waals surface area contributed by atoms with Crippen molar-refractivity contribution >= 4 is 50.4 Å². The number of carbonyl (C=O) groups is 4. The van der Waals surface area contributed by atoms with E-state index in [1.165, 1.54) is 15.5 Å². The summed E-state index contributed by atoms with van der Waals surface area (Å²) >= 11 is 0. The molecule has 334 valence electrons. The topological polar surface area (TPSA) is 190 Å². The molecule has 1 saturated heterocycles. The zero-order chi connectivity index (χ0) is 44.1. The number of halogens is 3. The van der Waals surface area contributed by atoms with Crippen LogP contribution in [-0.2, 0) is 35.3 Å². The van der Waals surface area contributed by atoms with Gasteiger partial charge in [0.25, 0.3) is 5.91 Å². The minimum atomic E-state index is -4.63. The van der Waals surface area contributed by atoms with Gasteiger partial charge in [0.05, 0.1) is 28.6 Å². The Morgan fingerprint density at radius 2 is 1.68 bits per heavy atom. The lowest BCUT2D eigenvalue weighted by Crippen LogP contribution is -2.58. The summed E-state index contributed by atoms with van der Waals surface area (Å²) < 4.78 is 83.4. The fourth-order valence-electron chi connectivity index (χ4n) is 9.03. The molecule has 4 amide bonds. The van der Waals surface area contributed by atoms with Crippen LogP contribution in [0.3, 0.4) is 0 Å². The van der Waals surface area contributed by atoms with Gasteiger partial charge >= 0.3 is 12.3 Å². The number of hydrogen-bond donors (Lipinski definition) is 3. The number of ether oxygens (including phenoxy) is 2. The number of allylic oxidation sites excluding steroid dienone is 1. The molecule has 2 aromatic carbocycles. The van der Waals surface area contributed by atoms with Crippen LogP contribution in [-0.4, -0.2) is 93.4 Å². The predicted octanol–water partition coefficient (Wildman–Crippen LogP) is 5.96. The maximum absolute atomic E-state index is 14.8. The molecular formula is C44H48F3N7O8S. The number of alkyl carbamates (subject to hydrolysis) is 1. The van der Waals surface area contributed by atoms with Crippen molar-refractivity contribution in [3.63, 3.8) is 0 Å². The third kappa shape index (κ3) is 8.93. The van der Waals surface area contributed by atoms with Crippen molar-refractivity contribution < 1.29 is 50.2 Å². The number of fused-ring (bicyclic) bond motifs is 5. The lowest BCUT2D eigenvalue weighted by atomic mass is 10.0. The van der Waals surface area contributed by atoms with Gasteiger partial charge in [-0.15, -0.1) is 0 Å². The highest BCUT2D eigenvalue weighted by atomic mass is 32.2. The minimum absolute atomic E-state index is 0.0764. The van der Waals surface area contributed by atoms with E-state index in [2.05, 4.69) is 20.5 Å². The van der Waals surface area contributed by atoms with E-state index < -0.39 is 80.5 Å². The van der Waals surface area contributed by atoms with E-state index in [1.807, 2.05) is 12.2 Å². The summed E-state index contributed by atoms with van der Waals surface area (Å²) in [6, 6.07) is 11.3. The van der Waals surface area contributed by atoms with Crippen LogP contribution >= 0.6 is 0 Å². The van der Waals surface area contributed by atoms with Gasteiger partial charge in [-0.3, -0.25) is 19.1 Å². The van der Waals surface area contributed by atoms with Gasteiger partial charge in [-0.1, -0.05) is 55.3 Å². The maximum atomic E-state index is 14.8. The standard InChI is InChI=1S/C44H48F3N7O8S/c45-44(46,47)27-17-20-33-32(21-27)38-48-35(26-11-5-4-6-12-26)23-37(54(38)51-33)61-30-22-36-39(55)50-43(41(57)52-63(59,60)31-18-19-31)24-28(43)13-7-2-1-3-8-16-34(40(56)53(36)25-30)49-42(58)62-29-14-9-10-15-29/h4-7,11-13,17,20-21,23,28-31,34,36H,1-3,8-10,14-16,18-19,22,24-25H2,(H,49,58)(H,50,55)(H,52,57)/b13-7-/t28-,30-,34+,36+,43-/m1/s1. The van der Waals surface area contributed by atoms with Crippen LogP contribution in [0.15, 0.2) is 66.7 Å². The molecule has 3 aliphatic carbocycles. The zero-order valence-electron chi connectivity index (χ0n) is 34.3. The Labute approximate surface area is 361 Å². The molecule has 0 radical (unpaired) electrons. The van der Waals surface area contributed by atoms with Crippen molar-refractivity contribution in [3.05, 3.63) is 72.3 Å². The third-order valence-electron chi connectivity index (χ3n) is 12.7. The first kappa shape index (κ1) is 42.6. The zero-order valence-corrected chi connectivity index (χ0v) is 35.1. The molecule has 2 aromatic heterocycles. The van der Waals surface area contributed by atoms with Crippen LogP contribution in [0.5, 0.6) is 5.88 Å². The van der Waals surface area contributed by atoms with Crippen LogP contribution < -0.4 is 20.1 Å². The molecule has 19 heteroatoms. The summed E-state index contributed by atoms with van der Waals surface area (Å²) in [6.07, 6.45) is 4.24. The van der Waals surface area contributed by atoms with E-state index in [-0.39, 0.29) is 54.3 Å². The van der Waals surface area contributed by atoms with Crippen LogP contribution in [0.2, 0.25) is 0 Å². The molecule has 4 heterocycles. The smallest absolute Gasteiger partial charge is 0.416 e. The second-order valence-electron chi connectivity index (χ2n) is 17.3. The Hall–Kier alpha value is -5.72. The summed E-state index contributed by atoms with van der Waals surface area (Å²) in [5.74, 6) is -2.58. The van der Waals surface area contributed by atoms with E-state index in [4.69, 9.17) is 14.5 Å². The highest BCUT2D eigenvalue weighted by Crippen LogP contribution is 2.46. The summed E-state index contributed by atoms with van der Waals surface area (Å²) in [6.45, 7) is -0.172. The van der Waals surface area contributed by atoms with Crippen molar-refractivity contribution in [2.75, 3.05) is 6.54 Å². The first-order valence-corrected chi connectivity index (χ1v) is 23.2. The monoisotopic (exact) mass is 891 g/mol. The molecule has 0 unspecified atom stereocenters. The van der Waals surface area contributed by atoms with Gasteiger partial charge in [0.15, 0.2) is 5.65 Å². The Morgan fingerprint density at radius 3 is 2.43 bits per heavy atom. The lowest BCUT2D eigenvalue weighted by molar-refractivity contribution is -0.141. The number of amides is 4. The number of carbonyl (C=O) groups excluding carboxylic acids is 4. The van der Waals surface area contributed by atoms with Gasteiger partial charge in [-0.05, 0) is 82.4 Å². The van der Waals surface area contributed by atoms with E-state index in [9.17, 15) is 40.8 Å². The molecule has 4 aromatic rings. The molecule has 5 aliphatic rings. The molecule has 15 nitrogen and oxygen atoms in total. The van der Waals surface area contributed by atoms with Crippen LogP contribution in [0.25, 0.3) is 27.8 Å². The number of hydrogen-bond acceptors (Lipinski definition) is 10. The van der Waals surface area contributed by atoms with Gasteiger partial charge in [0.2, 0.25) is 27.7 Å². The number of benzene rings is 2. The molecule has 0 spiro atoms. The summed E-state index contributed by atoms with van der Waals surface area (Å²) in [7, 11) is -3.97. The molecule has 0 bridgehead atoms. The normalized spacial score (nSPS) is 26.6. The molecule has 5 atom stereocenters. The van der Waals surface area contributed by atoms with Gasteiger partial charge in [-0.25, -0.2) is 18.2 Å². The number of alkyl halides is 3. The highest BCUT2D eigenvalue weighted by Gasteiger charge is 2.62. The maximum Gasteiger partial charge on any atom is 0.416 e. The molecule has 2 aliphatic heterocycles. The average Bonchev–Trinajstić information content (AvgIpc) is 4.06. The Morgan fingerprint density at radius 1 is 0.921 bits per heavy atom. The Balaban J connectivity index is 1.07. The number of nitrogens with zero attached hydrogens (tertiary/aromatic N) is 4. The average molecular weight is 892 g/mol. The van der Waals surface area contributed by atoms with E-state index in [0.717, 1.165) is 44.2 Å². The van der Waals surface area contributed by atoms with Crippen molar-refractivity contribution in [1.29, 1.82) is 0 Å². The quantitative estimate of drug-likeness (QED) is 0.178. The lowest BCUT2D eigenvalue weighted by Gasteiger charge is -2.30. The third-order valence-corrected chi connectivity index (χ3v) is 14.6. The van der Waals surface area contributed by atoms with Crippen molar-refractivity contribution in [2.24, 2.45) is 5.92 Å². The summed E-state index contributed by atoms with van der Waals surface area (Å²) in [4.78, 5) is 62.5.